The third-order valence-corrected chi connectivity index (χ3v) is 4.42. The van der Waals surface area contributed by atoms with Crippen molar-refractivity contribution >= 4 is 23.3 Å². The van der Waals surface area contributed by atoms with Crippen molar-refractivity contribution in [2.24, 2.45) is 0 Å². The lowest BCUT2D eigenvalue weighted by molar-refractivity contribution is -0.127. The topological polar surface area (TPSA) is 33.2 Å². The molecule has 1 aromatic heterocycles. The molecule has 0 unspecified atom stereocenters. The Bertz CT molecular complexity index is 406. The number of hydrogen-bond donors (Lipinski definition) is 0. The van der Waals surface area contributed by atoms with Crippen LogP contribution in [0.5, 0.6) is 0 Å². The van der Waals surface area contributed by atoms with E-state index in [-0.39, 0.29) is 5.91 Å². The van der Waals surface area contributed by atoms with Crippen LogP contribution in [0.15, 0.2) is 17.0 Å². The highest BCUT2D eigenvalue weighted by molar-refractivity contribution is 7.07. The second-order valence-electron chi connectivity index (χ2n) is 5.19. The first-order valence-electron chi connectivity index (χ1n) is 7.10. The van der Waals surface area contributed by atoms with Gasteiger partial charge in [0.15, 0.2) is 0 Å². The van der Waals surface area contributed by atoms with Crippen molar-refractivity contribution in [3.8, 4) is 0 Å². The maximum atomic E-state index is 12.2. The summed E-state index contributed by atoms with van der Waals surface area (Å²) in [5, 5.41) is 1.94. The summed E-state index contributed by atoms with van der Waals surface area (Å²) in [6.07, 6.45) is 12.2. The van der Waals surface area contributed by atoms with Crippen LogP contribution in [0, 0.1) is 0 Å². The Morgan fingerprint density at radius 3 is 2.63 bits per heavy atom. The molecule has 1 aromatic rings. The highest BCUT2D eigenvalue weighted by atomic mass is 32.1. The number of nitrogens with zero attached hydrogens (tertiary/aromatic N) is 2. The molecule has 0 radical (unpaired) electrons. The number of carbonyl (C=O) groups is 1. The van der Waals surface area contributed by atoms with Gasteiger partial charge in [0.1, 0.15) is 0 Å². The van der Waals surface area contributed by atoms with Gasteiger partial charge in [-0.05, 0) is 18.9 Å². The molecule has 0 spiro atoms. The summed E-state index contributed by atoms with van der Waals surface area (Å²) in [5.74, 6) is 0.0959. The van der Waals surface area contributed by atoms with Crippen molar-refractivity contribution in [1.29, 1.82) is 0 Å². The average molecular weight is 278 g/mol. The van der Waals surface area contributed by atoms with Crippen LogP contribution in [0.2, 0.25) is 0 Å². The molecule has 2 rings (SSSR count). The second kappa shape index (κ2) is 7.43. The first kappa shape index (κ1) is 14.3. The molecule has 1 saturated carbocycles. The molecule has 0 N–H and O–H groups in total. The fourth-order valence-electron chi connectivity index (χ4n) is 2.58. The van der Waals surface area contributed by atoms with E-state index in [0.717, 1.165) is 18.5 Å². The van der Waals surface area contributed by atoms with Gasteiger partial charge in [-0.1, -0.05) is 32.1 Å². The van der Waals surface area contributed by atoms with Crippen molar-refractivity contribution in [1.82, 2.24) is 9.88 Å². The summed E-state index contributed by atoms with van der Waals surface area (Å²) < 4.78 is 0. The predicted octanol–water partition coefficient (Wildman–Crippen LogP) is 3.73. The molecule has 1 aliphatic rings. The van der Waals surface area contributed by atoms with Crippen molar-refractivity contribution in [3.05, 3.63) is 22.7 Å². The molecule has 4 heteroatoms. The molecular formula is C15H22N2OS. The van der Waals surface area contributed by atoms with E-state index in [0.29, 0.717) is 6.04 Å². The van der Waals surface area contributed by atoms with E-state index in [4.69, 9.17) is 0 Å². The molecule has 104 valence electrons. The second-order valence-corrected chi connectivity index (χ2v) is 5.91. The Kier molecular flexibility index (Phi) is 5.58. The normalized spacial score (nSPS) is 18.2. The summed E-state index contributed by atoms with van der Waals surface area (Å²) in [6, 6.07) is 0.410. The molecule has 0 aromatic carbocycles. The molecule has 1 amide bonds. The zero-order valence-electron chi connectivity index (χ0n) is 11.5. The van der Waals surface area contributed by atoms with Gasteiger partial charge in [0, 0.05) is 24.5 Å². The Morgan fingerprint density at radius 2 is 2.00 bits per heavy atom. The van der Waals surface area contributed by atoms with Crippen molar-refractivity contribution in [2.75, 3.05) is 7.05 Å². The minimum absolute atomic E-state index is 0.0959. The lowest BCUT2D eigenvalue weighted by Gasteiger charge is -2.28. The van der Waals surface area contributed by atoms with Crippen molar-refractivity contribution in [2.45, 2.75) is 51.0 Å². The highest BCUT2D eigenvalue weighted by Gasteiger charge is 2.18. The summed E-state index contributed by atoms with van der Waals surface area (Å²) >= 11 is 1.55. The van der Waals surface area contributed by atoms with Gasteiger partial charge in [-0.2, -0.15) is 0 Å². The van der Waals surface area contributed by atoms with E-state index in [1.165, 1.54) is 32.1 Å². The third kappa shape index (κ3) is 4.46. The van der Waals surface area contributed by atoms with Gasteiger partial charge in [-0.15, -0.1) is 11.3 Å². The van der Waals surface area contributed by atoms with Crippen LogP contribution in [0.4, 0.5) is 0 Å². The minimum Gasteiger partial charge on any atom is -0.339 e. The van der Waals surface area contributed by atoms with Crippen LogP contribution in [-0.2, 0) is 4.79 Å². The van der Waals surface area contributed by atoms with E-state index < -0.39 is 0 Å². The van der Waals surface area contributed by atoms with Gasteiger partial charge in [0.05, 0.1) is 11.2 Å². The van der Waals surface area contributed by atoms with Gasteiger partial charge in [-0.3, -0.25) is 4.79 Å². The summed E-state index contributed by atoms with van der Waals surface area (Å²) in [5.41, 5.74) is 2.65. The van der Waals surface area contributed by atoms with Crippen molar-refractivity contribution < 1.29 is 4.79 Å². The zero-order valence-corrected chi connectivity index (χ0v) is 12.4. The van der Waals surface area contributed by atoms with Crippen LogP contribution in [0.25, 0.3) is 6.08 Å². The lowest BCUT2D eigenvalue weighted by Crippen LogP contribution is -2.36. The number of aromatic nitrogens is 1. The minimum atomic E-state index is 0.0959. The molecule has 0 aliphatic heterocycles. The van der Waals surface area contributed by atoms with E-state index in [1.807, 2.05) is 17.3 Å². The fraction of sp³-hybridized carbons (Fsp3) is 0.600. The maximum Gasteiger partial charge on any atom is 0.246 e. The fourth-order valence-corrected chi connectivity index (χ4v) is 3.10. The largest absolute Gasteiger partial charge is 0.339 e. The summed E-state index contributed by atoms with van der Waals surface area (Å²) in [6.45, 7) is 0. The smallest absolute Gasteiger partial charge is 0.246 e. The Morgan fingerprint density at radius 1 is 1.32 bits per heavy atom. The van der Waals surface area contributed by atoms with Crippen molar-refractivity contribution in [3.63, 3.8) is 0 Å². The van der Waals surface area contributed by atoms with Crippen LogP contribution in [-0.4, -0.2) is 28.9 Å². The first-order valence-corrected chi connectivity index (χ1v) is 8.05. The Hall–Kier alpha value is -1.16. The van der Waals surface area contributed by atoms with Gasteiger partial charge >= 0.3 is 0 Å². The molecule has 19 heavy (non-hydrogen) atoms. The van der Waals surface area contributed by atoms with Gasteiger partial charge < -0.3 is 4.90 Å². The van der Waals surface area contributed by atoms with Gasteiger partial charge in [-0.25, -0.2) is 4.98 Å². The van der Waals surface area contributed by atoms with Crippen LogP contribution in [0.3, 0.4) is 0 Å². The Balaban J connectivity index is 1.89. The van der Waals surface area contributed by atoms with E-state index in [9.17, 15) is 4.79 Å². The van der Waals surface area contributed by atoms with Gasteiger partial charge in [0.2, 0.25) is 5.91 Å². The summed E-state index contributed by atoms with van der Waals surface area (Å²) in [4.78, 5) is 18.2. The molecule has 0 saturated heterocycles. The molecular weight excluding hydrogens is 256 g/mol. The number of thiazole rings is 1. The maximum absolute atomic E-state index is 12.2. The molecule has 1 heterocycles. The predicted molar refractivity (Wildman–Crippen MR) is 80.0 cm³/mol. The van der Waals surface area contributed by atoms with Crippen LogP contribution < -0.4 is 0 Å². The molecule has 0 atom stereocenters. The van der Waals surface area contributed by atoms with E-state index in [2.05, 4.69) is 4.98 Å². The SMILES string of the molecule is CN(C(=O)/C=C\c1cscn1)C1CCCCCCC1. The molecule has 3 nitrogen and oxygen atoms in total. The number of amides is 1. The zero-order chi connectivity index (χ0) is 13.5. The summed E-state index contributed by atoms with van der Waals surface area (Å²) in [7, 11) is 1.93. The number of carbonyl (C=O) groups excluding carboxylic acids is 1. The number of rotatable bonds is 3. The highest BCUT2D eigenvalue weighted by Crippen LogP contribution is 2.20. The third-order valence-electron chi connectivity index (χ3n) is 3.82. The monoisotopic (exact) mass is 278 g/mol. The lowest BCUT2D eigenvalue weighted by atomic mass is 9.96. The number of hydrogen-bond acceptors (Lipinski definition) is 3. The Labute approximate surface area is 119 Å². The molecule has 0 bridgehead atoms. The number of likely N-dealkylation sites (N-methyl/N-ethyl adjacent to an activating group) is 1. The van der Waals surface area contributed by atoms with Crippen LogP contribution in [0.1, 0.15) is 50.6 Å². The molecule has 1 aliphatic carbocycles. The van der Waals surface area contributed by atoms with E-state index >= 15 is 0 Å². The van der Waals surface area contributed by atoms with Crippen LogP contribution >= 0.6 is 11.3 Å². The van der Waals surface area contributed by atoms with Gasteiger partial charge in [0.25, 0.3) is 0 Å². The van der Waals surface area contributed by atoms with E-state index in [1.54, 1.807) is 29.0 Å². The first-order chi connectivity index (χ1) is 9.27. The quantitative estimate of drug-likeness (QED) is 0.789. The molecule has 1 fully saturated rings. The standard InChI is InChI=1S/C15H22N2OS/c1-17(14-7-5-3-2-4-6-8-14)15(18)10-9-13-11-19-12-16-13/h9-12,14H,2-8H2,1H3/b10-9-. The average Bonchev–Trinajstić information content (AvgIpc) is 2.88.